The summed E-state index contributed by atoms with van der Waals surface area (Å²) in [4.78, 5) is 13.6. The monoisotopic (exact) mass is 240 g/mol. The molecule has 0 unspecified atom stereocenters. The lowest BCUT2D eigenvalue weighted by Crippen LogP contribution is -2.57. The summed E-state index contributed by atoms with van der Waals surface area (Å²) in [5, 5.41) is 12.4. The number of nitrogens with one attached hydrogen (secondary N) is 1. The highest BCUT2D eigenvalue weighted by Crippen LogP contribution is 2.28. The van der Waals surface area contributed by atoms with Gasteiger partial charge >= 0.3 is 5.97 Å². The van der Waals surface area contributed by atoms with E-state index in [1.54, 1.807) is 0 Å². The van der Waals surface area contributed by atoms with E-state index in [0.29, 0.717) is 24.7 Å². The molecule has 2 saturated heterocycles. The number of carbonyl (C=O) groups is 1. The fourth-order valence-electron chi connectivity index (χ4n) is 3.50. The normalized spacial score (nSPS) is 40.1. The Morgan fingerprint density at radius 1 is 1.24 bits per heavy atom. The van der Waals surface area contributed by atoms with E-state index >= 15 is 0 Å². The van der Waals surface area contributed by atoms with Gasteiger partial charge in [0.05, 0.1) is 5.92 Å². The molecular weight excluding hydrogens is 216 g/mol. The molecule has 4 atom stereocenters. The van der Waals surface area contributed by atoms with E-state index in [9.17, 15) is 4.79 Å². The first-order chi connectivity index (χ1) is 8.09. The number of piperidine rings is 2. The van der Waals surface area contributed by atoms with Crippen LogP contribution in [0.15, 0.2) is 0 Å². The molecule has 2 N–H and O–H groups in total. The summed E-state index contributed by atoms with van der Waals surface area (Å²) in [6, 6.07) is 1.59. The topological polar surface area (TPSA) is 52.6 Å². The lowest BCUT2D eigenvalue weighted by atomic mass is 9.89. The van der Waals surface area contributed by atoms with Gasteiger partial charge in [0.15, 0.2) is 0 Å². The Morgan fingerprint density at radius 3 is 2.47 bits per heavy atom. The zero-order valence-electron chi connectivity index (χ0n) is 10.9. The molecule has 0 aromatic carbocycles. The first-order valence-electron chi connectivity index (χ1n) is 6.80. The van der Waals surface area contributed by atoms with Gasteiger partial charge in [0.2, 0.25) is 0 Å². The molecule has 0 aliphatic carbocycles. The lowest BCUT2D eigenvalue weighted by molar-refractivity contribution is -0.143. The van der Waals surface area contributed by atoms with Crippen molar-refractivity contribution in [2.45, 2.75) is 57.7 Å². The van der Waals surface area contributed by atoms with E-state index in [0.717, 1.165) is 13.0 Å². The van der Waals surface area contributed by atoms with Crippen LogP contribution in [0.5, 0.6) is 0 Å². The van der Waals surface area contributed by atoms with Crippen LogP contribution in [-0.2, 0) is 4.79 Å². The number of likely N-dealkylation sites (tertiary alicyclic amines) is 1. The van der Waals surface area contributed by atoms with Crippen LogP contribution in [-0.4, -0.2) is 47.2 Å². The number of hydrogen-bond donors (Lipinski definition) is 2. The van der Waals surface area contributed by atoms with E-state index < -0.39 is 5.97 Å². The van der Waals surface area contributed by atoms with Gasteiger partial charge in [0.1, 0.15) is 0 Å². The summed E-state index contributed by atoms with van der Waals surface area (Å²) in [7, 11) is 0. The summed E-state index contributed by atoms with van der Waals surface area (Å²) in [5.74, 6) is -0.866. The highest BCUT2D eigenvalue weighted by molar-refractivity contribution is 5.70. The third kappa shape index (κ3) is 2.80. The molecule has 0 amide bonds. The minimum absolute atomic E-state index is 0.213. The van der Waals surface area contributed by atoms with Crippen molar-refractivity contribution in [1.29, 1.82) is 0 Å². The molecule has 4 nitrogen and oxygen atoms in total. The molecule has 0 saturated carbocycles. The maximum absolute atomic E-state index is 11.1. The van der Waals surface area contributed by atoms with Gasteiger partial charge < -0.3 is 10.4 Å². The van der Waals surface area contributed by atoms with Crippen molar-refractivity contribution in [3.8, 4) is 0 Å². The Kier molecular flexibility index (Phi) is 4.05. The third-order valence-electron chi connectivity index (χ3n) is 4.36. The van der Waals surface area contributed by atoms with Crippen molar-refractivity contribution in [3.05, 3.63) is 0 Å². The maximum atomic E-state index is 11.1. The van der Waals surface area contributed by atoms with Crippen molar-refractivity contribution >= 4 is 5.97 Å². The molecule has 0 spiro atoms. The van der Waals surface area contributed by atoms with Gasteiger partial charge in [-0.05, 0) is 33.1 Å². The standard InChI is InChI=1S/C13H24N2O2/c1-9-4-3-5-10(2)15(9)12-6-11(13(16)17)7-14-8-12/h9-12,14H,3-8H2,1-2H3,(H,16,17)/t9-,10+,11-,12+/m0/s1. The zero-order valence-corrected chi connectivity index (χ0v) is 10.9. The predicted octanol–water partition coefficient (Wildman–Crippen LogP) is 1.31. The number of hydrogen-bond acceptors (Lipinski definition) is 3. The number of nitrogens with zero attached hydrogens (tertiary/aromatic N) is 1. The maximum Gasteiger partial charge on any atom is 0.307 e. The Balaban J connectivity index is 2.02. The summed E-state index contributed by atoms with van der Waals surface area (Å²) in [5.41, 5.74) is 0. The number of aliphatic carboxylic acids is 1. The average molecular weight is 240 g/mol. The molecule has 0 bridgehead atoms. The van der Waals surface area contributed by atoms with E-state index in [-0.39, 0.29) is 5.92 Å². The number of carboxylic acid groups (broad SMARTS) is 1. The van der Waals surface area contributed by atoms with E-state index in [2.05, 4.69) is 24.1 Å². The van der Waals surface area contributed by atoms with Crippen LogP contribution in [0.25, 0.3) is 0 Å². The predicted molar refractivity (Wildman–Crippen MR) is 67.0 cm³/mol. The molecule has 0 radical (unpaired) electrons. The second-order valence-corrected chi connectivity index (χ2v) is 5.66. The van der Waals surface area contributed by atoms with Crippen molar-refractivity contribution < 1.29 is 9.90 Å². The zero-order chi connectivity index (χ0) is 12.4. The molecule has 0 aromatic heterocycles. The lowest BCUT2D eigenvalue weighted by Gasteiger charge is -2.46. The molecule has 17 heavy (non-hydrogen) atoms. The van der Waals surface area contributed by atoms with Gasteiger partial charge in [-0.1, -0.05) is 6.42 Å². The molecular formula is C13H24N2O2. The minimum atomic E-state index is -0.653. The fraction of sp³-hybridized carbons (Fsp3) is 0.923. The molecule has 98 valence electrons. The van der Waals surface area contributed by atoms with E-state index in [1.807, 2.05) is 0 Å². The van der Waals surface area contributed by atoms with Crippen molar-refractivity contribution in [3.63, 3.8) is 0 Å². The van der Waals surface area contributed by atoms with Crippen LogP contribution in [0.2, 0.25) is 0 Å². The van der Waals surface area contributed by atoms with Crippen LogP contribution < -0.4 is 5.32 Å². The van der Waals surface area contributed by atoms with Crippen molar-refractivity contribution in [2.24, 2.45) is 5.92 Å². The molecule has 4 heteroatoms. The first kappa shape index (κ1) is 12.8. The highest BCUT2D eigenvalue weighted by atomic mass is 16.4. The third-order valence-corrected chi connectivity index (χ3v) is 4.36. The molecule has 2 aliphatic heterocycles. The fourth-order valence-corrected chi connectivity index (χ4v) is 3.50. The van der Waals surface area contributed by atoms with E-state index in [4.69, 9.17) is 5.11 Å². The molecule has 2 heterocycles. The number of carboxylic acids is 1. The molecule has 2 rings (SSSR count). The van der Waals surface area contributed by atoms with Crippen LogP contribution in [0.3, 0.4) is 0 Å². The molecule has 2 fully saturated rings. The molecule has 2 aliphatic rings. The number of rotatable bonds is 2. The Hall–Kier alpha value is -0.610. The Labute approximate surface area is 103 Å². The van der Waals surface area contributed by atoms with E-state index in [1.165, 1.54) is 19.3 Å². The minimum Gasteiger partial charge on any atom is -0.481 e. The summed E-state index contributed by atoms with van der Waals surface area (Å²) in [6.07, 6.45) is 4.61. The quantitative estimate of drug-likeness (QED) is 0.764. The second-order valence-electron chi connectivity index (χ2n) is 5.66. The molecule has 0 aromatic rings. The largest absolute Gasteiger partial charge is 0.481 e. The van der Waals surface area contributed by atoms with Crippen molar-refractivity contribution in [2.75, 3.05) is 13.1 Å². The van der Waals surface area contributed by atoms with Gasteiger partial charge in [0.25, 0.3) is 0 Å². The summed E-state index contributed by atoms with van der Waals surface area (Å²) in [6.45, 7) is 6.13. The smallest absolute Gasteiger partial charge is 0.307 e. The summed E-state index contributed by atoms with van der Waals surface area (Å²) < 4.78 is 0. The van der Waals surface area contributed by atoms with Crippen LogP contribution in [0.1, 0.15) is 39.5 Å². The highest BCUT2D eigenvalue weighted by Gasteiger charge is 2.35. The first-order valence-corrected chi connectivity index (χ1v) is 6.80. The van der Waals surface area contributed by atoms with Crippen LogP contribution in [0.4, 0.5) is 0 Å². The SMILES string of the molecule is C[C@@H]1CCC[C@H](C)N1[C@H]1CNC[C@@H](C(=O)O)C1. The Bertz CT molecular complexity index is 273. The van der Waals surface area contributed by atoms with Gasteiger partial charge in [-0.3, -0.25) is 9.69 Å². The average Bonchev–Trinajstić information content (AvgIpc) is 2.29. The van der Waals surface area contributed by atoms with Gasteiger partial charge in [-0.15, -0.1) is 0 Å². The van der Waals surface area contributed by atoms with Crippen LogP contribution in [0, 0.1) is 5.92 Å². The van der Waals surface area contributed by atoms with Gasteiger partial charge in [-0.2, -0.15) is 0 Å². The van der Waals surface area contributed by atoms with Crippen LogP contribution >= 0.6 is 0 Å². The van der Waals surface area contributed by atoms with Gasteiger partial charge in [0, 0.05) is 31.2 Å². The van der Waals surface area contributed by atoms with Crippen molar-refractivity contribution in [1.82, 2.24) is 10.2 Å². The Morgan fingerprint density at radius 2 is 1.88 bits per heavy atom. The summed E-state index contributed by atoms with van der Waals surface area (Å²) >= 11 is 0. The van der Waals surface area contributed by atoms with Gasteiger partial charge in [-0.25, -0.2) is 0 Å². The second kappa shape index (κ2) is 5.36.